The van der Waals surface area contributed by atoms with Gasteiger partial charge in [0.1, 0.15) is 0 Å². The van der Waals surface area contributed by atoms with E-state index in [0.29, 0.717) is 26.1 Å². The van der Waals surface area contributed by atoms with Crippen molar-refractivity contribution in [2.75, 3.05) is 18.5 Å². The smallest absolute Gasteiger partial charge is 0.381 e. The van der Waals surface area contributed by atoms with Gasteiger partial charge in [-0.05, 0) is 25.0 Å². The lowest BCUT2D eigenvalue weighted by Crippen LogP contribution is -2.29. The molecule has 1 saturated heterocycles. The maximum absolute atomic E-state index is 12.8. The number of para-hydroxylation sites is 1. The molecule has 0 radical (unpaired) electrons. The number of alkyl halides is 3. The molecule has 0 aliphatic carbocycles. The Morgan fingerprint density at radius 2 is 1.84 bits per heavy atom. The van der Waals surface area contributed by atoms with Crippen molar-refractivity contribution >= 4 is 11.6 Å². The standard InChI is InChI=1S/C13H14F3NO2/c14-13(15,16)10-3-1-2-4-11(10)17-12(18)9-5-7-19-8-6-9/h1-4,9H,5-8H2,(H,17,18). The van der Waals surface area contributed by atoms with E-state index in [1.807, 2.05) is 0 Å². The van der Waals surface area contributed by atoms with E-state index in [1.165, 1.54) is 18.2 Å². The highest BCUT2D eigenvalue weighted by molar-refractivity contribution is 5.93. The molecule has 0 atom stereocenters. The van der Waals surface area contributed by atoms with Crippen LogP contribution in [0, 0.1) is 5.92 Å². The van der Waals surface area contributed by atoms with Crippen molar-refractivity contribution in [2.45, 2.75) is 19.0 Å². The van der Waals surface area contributed by atoms with Crippen molar-refractivity contribution < 1.29 is 22.7 Å². The largest absolute Gasteiger partial charge is 0.418 e. The maximum atomic E-state index is 12.8. The third-order valence-corrected chi connectivity index (χ3v) is 3.08. The van der Waals surface area contributed by atoms with Crippen LogP contribution in [0.4, 0.5) is 18.9 Å². The molecule has 1 aromatic carbocycles. The predicted octanol–water partition coefficient (Wildman–Crippen LogP) is 3.07. The summed E-state index contributed by atoms with van der Waals surface area (Å²) in [6, 6.07) is 4.99. The highest BCUT2D eigenvalue weighted by atomic mass is 19.4. The van der Waals surface area contributed by atoms with Gasteiger partial charge in [0.05, 0.1) is 11.3 Å². The number of benzene rings is 1. The van der Waals surface area contributed by atoms with E-state index < -0.39 is 11.7 Å². The molecule has 19 heavy (non-hydrogen) atoms. The van der Waals surface area contributed by atoms with Gasteiger partial charge in [0.2, 0.25) is 5.91 Å². The predicted molar refractivity (Wildman–Crippen MR) is 63.6 cm³/mol. The SMILES string of the molecule is O=C(Nc1ccccc1C(F)(F)F)C1CCOCC1. The Labute approximate surface area is 108 Å². The number of hydrogen-bond acceptors (Lipinski definition) is 2. The van der Waals surface area contributed by atoms with Crippen molar-refractivity contribution in [3.05, 3.63) is 29.8 Å². The van der Waals surface area contributed by atoms with Crippen molar-refractivity contribution in [3.63, 3.8) is 0 Å². The summed E-state index contributed by atoms with van der Waals surface area (Å²) < 4.78 is 43.4. The fraction of sp³-hybridized carbons (Fsp3) is 0.462. The van der Waals surface area contributed by atoms with Crippen LogP contribution in [-0.4, -0.2) is 19.1 Å². The number of hydrogen-bond donors (Lipinski definition) is 1. The molecule has 0 aromatic heterocycles. The lowest BCUT2D eigenvalue weighted by atomic mass is 9.99. The third kappa shape index (κ3) is 3.47. The molecule has 1 N–H and O–H groups in total. The average Bonchev–Trinajstić information content (AvgIpc) is 2.39. The summed E-state index contributed by atoms with van der Waals surface area (Å²) in [5.74, 6) is -0.657. The summed E-state index contributed by atoms with van der Waals surface area (Å²) in [5.41, 5.74) is -1.01. The first-order chi connectivity index (χ1) is 8.98. The molecular weight excluding hydrogens is 259 g/mol. The Balaban J connectivity index is 2.12. The monoisotopic (exact) mass is 273 g/mol. The van der Waals surface area contributed by atoms with Gasteiger partial charge in [0.25, 0.3) is 0 Å². The average molecular weight is 273 g/mol. The van der Waals surface area contributed by atoms with Gasteiger partial charge in [0.15, 0.2) is 0 Å². The summed E-state index contributed by atoms with van der Waals surface area (Å²) in [5, 5.41) is 2.37. The zero-order valence-electron chi connectivity index (χ0n) is 10.2. The van der Waals surface area contributed by atoms with E-state index in [9.17, 15) is 18.0 Å². The van der Waals surface area contributed by atoms with Gasteiger partial charge in [0, 0.05) is 19.1 Å². The van der Waals surface area contributed by atoms with Crippen LogP contribution in [0.2, 0.25) is 0 Å². The Kier molecular flexibility index (Phi) is 4.09. The zero-order chi connectivity index (χ0) is 13.9. The van der Waals surface area contributed by atoms with Gasteiger partial charge in [-0.25, -0.2) is 0 Å². The number of carbonyl (C=O) groups is 1. The Bertz CT molecular complexity index is 453. The molecule has 1 heterocycles. The van der Waals surface area contributed by atoms with Gasteiger partial charge in [-0.3, -0.25) is 4.79 Å². The minimum absolute atomic E-state index is 0.188. The van der Waals surface area contributed by atoms with E-state index in [4.69, 9.17) is 4.74 Å². The van der Waals surface area contributed by atoms with E-state index in [-0.39, 0.29) is 17.5 Å². The van der Waals surface area contributed by atoms with Crippen molar-refractivity contribution in [2.24, 2.45) is 5.92 Å². The first kappa shape index (κ1) is 13.9. The molecule has 0 spiro atoms. The zero-order valence-corrected chi connectivity index (χ0v) is 10.2. The quantitative estimate of drug-likeness (QED) is 0.899. The summed E-state index contributed by atoms with van der Waals surface area (Å²) in [7, 11) is 0. The third-order valence-electron chi connectivity index (χ3n) is 3.08. The van der Waals surface area contributed by atoms with Crippen LogP contribution in [-0.2, 0) is 15.7 Å². The lowest BCUT2D eigenvalue weighted by molar-refractivity contribution is -0.137. The Hall–Kier alpha value is -1.56. The minimum Gasteiger partial charge on any atom is -0.381 e. The summed E-state index contributed by atoms with van der Waals surface area (Å²) >= 11 is 0. The van der Waals surface area contributed by atoms with Gasteiger partial charge < -0.3 is 10.1 Å². The van der Waals surface area contributed by atoms with Crippen LogP contribution in [0.3, 0.4) is 0 Å². The van der Waals surface area contributed by atoms with Gasteiger partial charge in [-0.1, -0.05) is 12.1 Å². The van der Waals surface area contributed by atoms with Crippen LogP contribution in [0.1, 0.15) is 18.4 Å². The first-order valence-corrected chi connectivity index (χ1v) is 6.03. The second-order valence-corrected chi connectivity index (χ2v) is 4.42. The van der Waals surface area contributed by atoms with Crippen LogP contribution in [0.25, 0.3) is 0 Å². The van der Waals surface area contributed by atoms with Crippen LogP contribution in [0.5, 0.6) is 0 Å². The molecule has 3 nitrogen and oxygen atoms in total. The van der Waals surface area contributed by atoms with Crippen molar-refractivity contribution in [1.82, 2.24) is 0 Å². The van der Waals surface area contributed by atoms with Crippen LogP contribution >= 0.6 is 0 Å². The van der Waals surface area contributed by atoms with Crippen molar-refractivity contribution in [3.8, 4) is 0 Å². The molecule has 0 bridgehead atoms. The highest BCUT2D eigenvalue weighted by Gasteiger charge is 2.34. The summed E-state index contributed by atoms with van der Waals surface area (Å²) in [6.45, 7) is 0.942. The molecule has 1 aliphatic heterocycles. The molecule has 1 fully saturated rings. The van der Waals surface area contributed by atoms with E-state index >= 15 is 0 Å². The second kappa shape index (κ2) is 5.61. The second-order valence-electron chi connectivity index (χ2n) is 4.42. The highest BCUT2D eigenvalue weighted by Crippen LogP contribution is 2.34. The van der Waals surface area contributed by atoms with E-state index in [1.54, 1.807) is 0 Å². The molecule has 0 unspecified atom stereocenters. The fourth-order valence-electron chi connectivity index (χ4n) is 2.03. The number of carbonyl (C=O) groups excluding carboxylic acids is 1. The Morgan fingerprint density at radius 1 is 1.21 bits per heavy atom. The molecule has 1 amide bonds. The molecule has 104 valence electrons. The molecule has 0 saturated carbocycles. The van der Waals surface area contributed by atoms with E-state index in [0.717, 1.165) is 6.07 Å². The normalized spacial score (nSPS) is 17.2. The molecule has 1 aliphatic rings. The van der Waals surface area contributed by atoms with Gasteiger partial charge in [-0.15, -0.1) is 0 Å². The number of amides is 1. The first-order valence-electron chi connectivity index (χ1n) is 6.03. The number of rotatable bonds is 2. The van der Waals surface area contributed by atoms with Crippen molar-refractivity contribution in [1.29, 1.82) is 0 Å². The Morgan fingerprint density at radius 3 is 2.47 bits per heavy atom. The number of anilines is 1. The van der Waals surface area contributed by atoms with Crippen LogP contribution in [0.15, 0.2) is 24.3 Å². The molecule has 6 heteroatoms. The molecule has 2 rings (SSSR count). The van der Waals surface area contributed by atoms with Gasteiger partial charge >= 0.3 is 6.18 Å². The molecule has 1 aromatic rings. The number of halogens is 3. The summed E-state index contributed by atoms with van der Waals surface area (Å²) in [6.07, 6.45) is -3.39. The maximum Gasteiger partial charge on any atom is 0.418 e. The topological polar surface area (TPSA) is 38.3 Å². The van der Waals surface area contributed by atoms with E-state index in [2.05, 4.69) is 5.32 Å². The number of nitrogens with one attached hydrogen (secondary N) is 1. The number of ether oxygens (including phenoxy) is 1. The van der Waals surface area contributed by atoms with Gasteiger partial charge in [-0.2, -0.15) is 13.2 Å². The summed E-state index contributed by atoms with van der Waals surface area (Å²) in [4.78, 5) is 11.9. The van der Waals surface area contributed by atoms with Crippen LogP contribution < -0.4 is 5.32 Å². The lowest BCUT2D eigenvalue weighted by Gasteiger charge is -2.22. The molecular formula is C13H14F3NO2. The fourth-order valence-corrected chi connectivity index (χ4v) is 2.03. The minimum atomic E-state index is -4.47.